The number of aromatic nitrogens is 3. The van der Waals surface area contributed by atoms with Gasteiger partial charge in [0, 0.05) is 24.1 Å². The van der Waals surface area contributed by atoms with Crippen LogP contribution >= 0.6 is 0 Å². The number of anilines is 1. The van der Waals surface area contributed by atoms with E-state index in [4.69, 9.17) is 5.73 Å². The normalized spacial score (nSPS) is 14.8. The average Bonchev–Trinajstić information content (AvgIpc) is 2.90. The Morgan fingerprint density at radius 3 is 2.61 bits per heavy atom. The highest BCUT2D eigenvalue weighted by Crippen LogP contribution is 2.32. The summed E-state index contributed by atoms with van der Waals surface area (Å²) < 4.78 is 2.26. The molecule has 2 aromatic rings. The van der Waals surface area contributed by atoms with Crippen molar-refractivity contribution in [1.82, 2.24) is 14.8 Å². The third-order valence-electron chi connectivity index (χ3n) is 3.80. The van der Waals surface area contributed by atoms with Crippen molar-refractivity contribution in [3.8, 4) is 0 Å². The second-order valence-electron chi connectivity index (χ2n) is 5.44. The van der Waals surface area contributed by atoms with Gasteiger partial charge in [0.25, 0.3) is 0 Å². The number of nitrogen functional groups attached to an aromatic ring is 1. The minimum absolute atomic E-state index is 0.136. The van der Waals surface area contributed by atoms with Gasteiger partial charge in [-0.15, -0.1) is 10.2 Å². The molecule has 4 nitrogen and oxygen atoms in total. The van der Waals surface area contributed by atoms with Crippen molar-refractivity contribution in [2.24, 2.45) is 0 Å². The van der Waals surface area contributed by atoms with Crippen LogP contribution in [0.4, 0.5) is 5.69 Å². The number of rotatable bonds is 2. The van der Waals surface area contributed by atoms with Gasteiger partial charge in [-0.3, -0.25) is 0 Å². The van der Waals surface area contributed by atoms with Crippen molar-refractivity contribution in [1.29, 1.82) is 0 Å². The van der Waals surface area contributed by atoms with E-state index >= 15 is 0 Å². The number of hydrogen-bond donors (Lipinski definition) is 1. The molecule has 1 aromatic heterocycles. The molecule has 18 heavy (non-hydrogen) atoms. The van der Waals surface area contributed by atoms with Crippen molar-refractivity contribution in [3.05, 3.63) is 41.5 Å². The lowest BCUT2D eigenvalue weighted by atomic mass is 9.83. The van der Waals surface area contributed by atoms with Crippen LogP contribution in [0.1, 0.15) is 37.5 Å². The molecule has 0 atom stereocenters. The van der Waals surface area contributed by atoms with E-state index in [0.717, 1.165) is 30.3 Å². The standard InChI is InChI=1S/C14H18N4/c1-14(2,10-5-7-11(15)8-6-10)13-17-16-12-4-3-9-18(12)13/h5-8H,3-4,9,15H2,1-2H3. The summed E-state index contributed by atoms with van der Waals surface area (Å²) in [6.45, 7) is 5.42. The van der Waals surface area contributed by atoms with Crippen LogP contribution in [-0.4, -0.2) is 14.8 Å². The monoisotopic (exact) mass is 242 g/mol. The average molecular weight is 242 g/mol. The van der Waals surface area contributed by atoms with Crippen LogP contribution in [0, 0.1) is 0 Å². The Hall–Kier alpha value is -1.84. The van der Waals surface area contributed by atoms with Crippen LogP contribution in [0.5, 0.6) is 0 Å². The quantitative estimate of drug-likeness (QED) is 0.821. The first-order valence-corrected chi connectivity index (χ1v) is 6.37. The molecule has 0 aliphatic carbocycles. The van der Waals surface area contributed by atoms with E-state index in [1.807, 2.05) is 12.1 Å². The van der Waals surface area contributed by atoms with Gasteiger partial charge in [0.1, 0.15) is 11.6 Å². The fourth-order valence-electron chi connectivity index (χ4n) is 2.64. The van der Waals surface area contributed by atoms with Gasteiger partial charge in [0.2, 0.25) is 0 Å². The maximum Gasteiger partial charge on any atom is 0.143 e. The predicted molar refractivity (Wildman–Crippen MR) is 71.3 cm³/mol. The Morgan fingerprint density at radius 2 is 1.89 bits per heavy atom. The van der Waals surface area contributed by atoms with Crippen LogP contribution in [-0.2, 0) is 18.4 Å². The minimum atomic E-state index is -0.136. The third-order valence-corrected chi connectivity index (χ3v) is 3.80. The Balaban J connectivity index is 2.06. The van der Waals surface area contributed by atoms with Gasteiger partial charge in [0.05, 0.1) is 0 Å². The summed E-state index contributed by atoms with van der Waals surface area (Å²) in [5, 5.41) is 8.68. The summed E-state index contributed by atoms with van der Waals surface area (Å²) in [5.74, 6) is 2.17. The number of nitrogens with two attached hydrogens (primary N) is 1. The van der Waals surface area contributed by atoms with Gasteiger partial charge in [-0.25, -0.2) is 0 Å². The first kappa shape index (κ1) is 11.3. The van der Waals surface area contributed by atoms with Gasteiger partial charge < -0.3 is 10.3 Å². The summed E-state index contributed by atoms with van der Waals surface area (Å²) in [6, 6.07) is 8.04. The number of nitrogens with zero attached hydrogens (tertiary/aromatic N) is 3. The summed E-state index contributed by atoms with van der Waals surface area (Å²) in [4.78, 5) is 0. The summed E-state index contributed by atoms with van der Waals surface area (Å²) in [5.41, 5.74) is 7.62. The molecular formula is C14H18N4. The molecule has 1 aliphatic rings. The maximum atomic E-state index is 5.75. The Labute approximate surface area is 107 Å². The molecule has 94 valence electrons. The van der Waals surface area contributed by atoms with Gasteiger partial charge in [-0.05, 0) is 38.0 Å². The Bertz CT molecular complexity index is 566. The van der Waals surface area contributed by atoms with Crippen LogP contribution < -0.4 is 5.73 Å². The zero-order valence-electron chi connectivity index (χ0n) is 10.8. The van der Waals surface area contributed by atoms with Crippen LogP contribution in [0.2, 0.25) is 0 Å². The number of fused-ring (bicyclic) bond motifs is 1. The second kappa shape index (κ2) is 3.83. The molecule has 4 heteroatoms. The van der Waals surface area contributed by atoms with Gasteiger partial charge in [0.15, 0.2) is 0 Å². The maximum absolute atomic E-state index is 5.75. The topological polar surface area (TPSA) is 56.7 Å². The SMILES string of the molecule is CC(C)(c1ccc(N)cc1)c1nnc2n1CCC2. The lowest BCUT2D eigenvalue weighted by Gasteiger charge is -2.24. The van der Waals surface area contributed by atoms with Crippen molar-refractivity contribution in [3.63, 3.8) is 0 Å². The fraction of sp³-hybridized carbons (Fsp3) is 0.429. The highest BCUT2D eigenvalue weighted by Gasteiger charge is 2.31. The number of aryl methyl sites for hydroxylation is 1. The first-order valence-electron chi connectivity index (χ1n) is 6.37. The third kappa shape index (κ3) is 1.60. The Kier molecular flexibility index (Phi) is 2.40. The smallest absolute Gasteiger partial charge is 0.143 e. The molecule has 0 saturated heterocycles. The molecule has 2 N–H and O–H groups in total. The van der Waals surface area contributed by atoms with Crippen molar-refractivity contribution in [2.75, 3.05) is 5.73 Å². The summed E-state index contributed by atoms with van der Waals surface area (Å²) >= 11 is 0. The van der Waals surface area contributed by atoms with Crippen LogP contribution in [0.15, 0.2) is 24.3 Å². The molecule has 1 aromatic carbocycles. The van der Waals surface area contributed by atoms with E-state index in [9.17, 15) is 0 Å². The lowest BCUT2D eigenvalue weighted by Crippen LogP contribution is -2.24. The van der Waals surface area contributed by atoms with E-state index in [2.05, 4.69) is 40.7 Å². The van der Waals surface area contributed by atoms with Gasteiger partial charge >= 0.3 is 0 Å². The summed E-state index contributed by atoms with van der Waals surface area (Å²) in [6.07, 6.45) is 2.22. The molecule has 0 spiro atoms. The zero-order valence-corrected chi connectivity index (χ0v) is 10.8. The molecule has 0 saturated carbocycles. The highest BCUT2D eigenvalue weighted by molar-refractivity contribution is 5.43. The van der Waals surface area contributed by atoms with Crippen LogP contribution in [0.3, 0.4) is 0 Å². The zero-order chi connectivity index (χ0) is 12.8. The molecule has 1 aliphatic heterocycles. The molecular weight excluding hydrogens is 224 g/mol. The molecule has 0 fully saturated rings. The summed E-state index contributed by atoms with van der Waals surface area (Å²) in [7, 11) is 0. The van der Waals surface area contributed by atoms with Crippen molar-refractivity contribution in [2.45, 2.75) is 38.6 Å². The van der Waals surface area contributed by atoms with Crippen LogP contribution in [0.25, 0.3) is 0 Å². The van der Waals surface area contributed by atoms with E-state index in [1.165, 1.54) is 12.0 Å². The first-order chi connectivity index (χ1) is 8.59. The molecule has 0 unspecified atom stereocenters. The molecule has 0 radical (unpaired) electrons. The number of benzene rings is 1. The van der Waals surface area contributed by atoms with E-state index in [1.54, 1.807) is 0 Å². The largest absolute Gasteiger partial charge is 0.399 e. The lowest BCUT2D eigenvalue weighted by molar-refractivity contribution is 0.539. The van der Waals surface area contributed by atoms with E-state index < -0.39 is 0 Å². The van der Waals surface area contributed by atoms with Crippen molar-refractivity contribution >= 4 is 5.69 Å². The van der Waals surface area contributed by atoms with Gasteiger partial charge in [-0.2, -0.15) is 0 Å². The van der Waals surface area contributed by atoms with Gasteiger partial charge in [-0.1, -0.05) is 12.1 Å². The molecule has 3 rings (SSSR count). The fourth-order valence-corrected chi connectivity index (χ4v) is 2.64. The predicted octanol–water partition coefficient (Wildman–Crippen LogP) is 2.13. The highest BCUT2D eigenvalue weighted by atomic mass is 15.3. The second-order valence-corrected chi connectivity index (χ2v) is 5.44. The Morgan fingerprint density at radius 1 is 1.17 bits per heavy atom. The molecule has 2 heterocycles. The molecule has 0 bridgehead atoms. The van der Waals surface area contributed by atoms with Crippen molar-refractivity contribution < 1.29 is 0 Å². The number of hydrogen-bond acceptors (Lipinski definition) is 3. The minimum Gasteiger partial charge on any atom is -0.399 e. The van der Waals surface area contributed by atoms with E-state index in [-0.39, 0.29) is 5.41 Å². The van der Waals surface area contributed by atoms with E-state index in [0.29, 0.717) is 0 Å². The molecule has 0 amide bonds.